The normalized spacial score (nSPS) is 16.0. The SMILES string of the molecule is Cc1ccc(C)c(NC2=[NH+]CCOC2)c1. The lowest BCUT2D eigenvalue weighted by molar-refractivity contribution is -0.472. The molecule has 0 amide bonds. The Balaban J connectivity index is 2.15. The number of rotatable bonds is 1. The first kappa shape index (κ1) is 10.2. The Labute approximate surface area is 90.2 Å². The van der Waals surface area contributed by atoms with Gasteiger partial charge in [-0.05, 0) is 31.0 Å². The smallest absolute Gasteiger partial charge is 0.274 e. The third kappa shape index (κ3) is 2.57. The van der Waals surface area contributed by atoms with Crippen molar-refractivity contribution in [2.24, 2.45) is 0 Å². The maximum absolute atomic E-state index is 5.36. The minimum Gasteiger partial charge on any atom is -0.365 e. The maximum atomic E-state index is 5.36. The van der Waals surface area contributed by atoms with E-state index in [2.05, 4.69) is 42.4 Å². The number of amidine groups is 1. The molecule has 1 aliphatic rings. The van der Waals surface area contributed by atoms with Gasteiger partial charge in [-0.1, -0.05) is 12.1 Å². The highest BCUT2D eigenvalue weighted by atomic mass is 16.5. The topological polar surface area (TPSA) is 35.2 Å². The van der Waals surface area contributed by atoms with Crippen LogP contribution in [0.4, 0.5) is 5.69 Å². The summed E-state index contributed by atoms with van der Waals surface area (Å²) < 4.78 is 5.36. The van der Waals surface area contributed by atoms with E-state index < -0.39 is 0 Å². The first-order valence-corrected chi connectivity index (χ1v) is 5.27. The molecule has 1 aromatic carbocycles. The molecule has 2 rings (SSSR count). The Morgan fingerprint density at radius 2 is 2.20 bits per heavy atom. The van der Waals surface area contributed by atoms with Crippen molar-refractivity contribution < 1.29 is 9.73 Å². The van der Waals surface area contributed by atoms with Crippen molar-refractivity contribution in [3.05, 3.63) is 29.3 Å². The zero-order chi connectivity index (χ0) is 10.7. The van der Waals surface area contributed by atoms with Crippen LogP contribution in [-0.2, 0) is 4.74 Å². The second kappa shape index (κ2) is 4.45. The fourth-order valence-electron chi connectivity index (χ4n) is 1.61. The second-order valence-corrected chi connectivity index (χ2v) is 3.90. The van der Waals surface area contributed by atoms with Gasteiger partial charge >= 0.3 is 0 Å². The van der Waals surface area contributed by atoms with Crippen LogP contribution in [0.1, 0.15) is 11.1 Å². The molecular formula is C12H17N2O+. The molecule has 0 saturated heterocycles. The summed E-state index contributed by atoms with van der Waals surface area (Å²) in [6, 6.07) is 6.40. The molecule has 1 aromatic rings. The minimum absolute atomic E-state index is 0.646. The molecule has 15 heavy (non-hydrogen) atoms. The fourth-order valence-corrected chi connectivity index (χ4v) is 1.61. The van der Waals surface area contributed by atoms with E-state index in [0.29, 0.717) is 6.61 Å². The molecular weight excluding hydrogens is 188 g/mol. The summed E-state index contributed by atoms with van der Waals surface area (Å²) in [7, 11) is 0. The zero-order valence-corrected chi connectivity index (χ0v) is 9.26. The maximum Gasteiger partial charge on any atom is 0.274 e. The molecule has 0 radical (unpaired) electrons. The van der Waals surface area contributed by atoms with E-state index in [0.717, 1.165) is 24.7 Å². The number of hydrogen-bond acceptors (Lipinski definition) is 2. The molecule has 1 aliphatic heterocycles. The molecule has 0 aliphatic carbocycles. The molecule has 2 N–H and O–H groups in total. The highest BCUT2D eigenvalue weighted by Crippen LogP contribution is 2.15. The van der Waals surface area contributed by atoms with Crippen LogP contribution in [0.2, 0.25) is 0 Å². The van der Waals surface area contributed by atoms with E-state index in [-0.39, 0.29) is 0 Å². The lowest BCUT2D eigenvalue weighted by atomic mass is 10.1. The summed E-state index contributed by atoms with van der Waals surface area (Å²) >= 11 is 0. The molecule has 0 unspecified atom stereocenters. The van der Waals surface area contributed by atoms with Gasteiger partial charge in [-0.3, -0.25) is 4.99 Å². The molecule has 0 fully saturated rings. The second-order valence-electron chi connectivity index (χ2n) is 3.90. The van der Waals surface area contributed by atoms with Crippen LogP contribution in [0, 0.1) is 13.8 Å². The van der Waals surface area contributed by atoms with Crippen LogP contribution < -0.4 is 10.3 Å². The number of aryl methyl sites for hydroxylation is 2. The minimum atomic E-state index is 0.646. The predicted molar refractivity (Wildman–Crippen MR) is 61.2 cm³/mol. The lowest BCUT2D eigenvalue weighted by Gasteiger charge is -2.10. The third-order valence-electron chi connectivity index (χ3n) is 2.51. The van der Waals surface area contributed by atoms with Crippen molar-refractivity contribution in [3.63, 3.8) is 0 Å². The zero-order valence-electron chi connectivity index (χ0n) is 9.26. The molecule has 3 nitrogen and oxygen atoms in total. The lowest BCUT2D eigenvalue weighted by Crippen LogP contribution is -2.79. The van der Waals surface area contributed by atoms with Crippen LogP contribution in [-0.4, -0.2) is 25.6 Å². The molecule has 1 heterocycles. The third-order valence-corrected chi connectivity index (χ3v) is 2.51. The summed E-state index contributed by atoms with van der Waals surface area (Å²) in [5.74, 6) is 1.05. The van der Waals surface area contributed by atoms with E-state index in [4.69, 9.17) is 4.74 Å². The van der Waals surface area contributed by atoms with E-state index in [1.54, 1.807) is 0 Å². The van der Waals surface area contributed by atoms with Crippen molar-refractivity contribution in [1.29, 1.82) is 0 Å². The molecule has 0 saturated carbocycles. The van der Waals surface area contributed by atoms with Crippen molar-refractivity contribution in [3.8, 4) is 0 Å². The van der Waals surface area contributed by atoms with Crippen LogP contribution >= 0.6 is 0 Å². The molecule has 3 heteroatoms. The first-order chi connectivity index (χ1) is 7.25. The molecule has 0 atom stereocenters. The number of benzene rings is 1. The summed E-state index contributed by atoms with van der Waals surface area (Å²) in [6.45, 7) is 6.52. The fraction of sp³-hybridized carbons (Fsp3) is 0.417. The summed E-state index contributed by atoms with van der Waals surface area (Å²) in [5.41, 5.74) is 3.67. The Hall–Kier alpha value is -1.35. The van der Waals surface area contributed by atoms with Gasteiger partial charge in [-0.15, -0.1) is 0 Å². The van der Waals surface area contributed by atoms with Gasteiger partial charge in [0.05, 0.1) is 6.61 Å². The van der Waals surface area contributed by atoms with Gasteiger partial charge in [0.2, 0.25) is 0 Å². The average Bonchev–Trinajstić information content (AvgIpc) is 2.25. The van der Waals surface area contributed by atoms with Gasteiger partial charge in [0, 0.05) is 0 Å². The van der Waals surface area contributed by atoms with E-state index in [1.165, 1.54) is 11.1 Å². The molecule has 0 bridgehead atoms. The van der Waals surface area contributed by atoms with Crippen LogP contribution in [0.15, 0.2) is 18.2 Å². The van der Waals surface area contributed by atoms with Gasteiger partial charge in [0.1, 0.15) is 18.8 Å². The summed E-state index contributed by atoms with van der Waals surface area (Å²) in [4.78, 5) is 3.29. The number of ether oxygens (including phenoxy) is 1. The first-order valence-electron chi connectivity index (χ1n) is 5.27. The predicted octanol–water partition coefficient (Wildman–Crippen LogP) is 0.225. The number of hydrogen-bond donors (Lipinski definition) is 2. The Morgan fingerprint density at radius 1 is 1.33 bits per heavy atom. The Morgan fingerprint density at radius 3 is 2.93 bits per heavy atom. The number of anilines is 1. The summed E-state index contributed by atoms with van der Waals surface area (Å²) in [6.07, 6.45) is 0. The standard InChI is InChI=1S/C12H16N2O/c1-9-3-4-10(2)11(7-9)14-12-8-15-6-5-13-12/h3-4,7H,5-6,8H2,1-2H3,(H,13,14)/p+1. The van der Waals surface area contributed by atoms with Gasteiger partial charge in [0.25, 0.3) is 5.84 Å². The van der Waals surface area contributed by atoms with Gasteiger partial charge in [-0.2, -0.15) is 0 Å². The molecule has 0 spiro atoms. The van der Waals surface area contributed by atoms with Gasteiger partial charge in [0.15, 0.2) is 0 Å². The highest BCUT2D eigenvalue weighted by molar-refractivity contribution is 5.92. The van der Waals surface area contributed by atoms with Crippen LogP contribution in [0.5, 0.6) is 0 Å². The van der Waals surface area contributed by atoms with Crippen molar-refractivity contribution in [2.75, 3.05) is 25.1 Å². The number of nitrogens with one attached hydrogen (secondary N) is 2. The molecule has 0 aromatic heterocycles. The van der Waals surface area contributed by atoms with Gasteiger partial charge in [-0.25, -0.2) is 5.32 Å². The van der Waals surface area contributed by atoms with Gasteiger partial charge < -0.3 is 4.74 Å². The molecule has 80 valence electrons. The van der Waals surface area contributed by atoms with Crippen LogP contribution in [0.3, 0.4) is 0 Å². The van der Waals surface area contributed by atoms with Crippen molar-refractivity contribution >= 4 is 11.5 Å². The summed E-state index contributed by atoms with van der Waals surface area (Å²) in [5, 5.41) is 3.37. The highest BCUT2D eigenvalue weighted by Gasteiger charge is 2.13. The van der Waals surface area contributed by atoms with E-state index >= 15 is 0 Å². The Kier molecular flexibility index (Phi) is 3.02. The Bertz CT molecular complexity index is 385. The van der Waals surface area contributed by atoms with E-state index in [1.807, 2.05) is 0 Å². The van der Waals surface area contributed by atoms with E-state index in [9.17, 15) is 0 Å². The van der Waals surface area contributed by atoms with Crippen LogP contribution in [0.25, 0.3) is 0 Å². The van der Waals surface area contributed by atoms with Crippen molar-refractivity contribution in [1.82, 2.24) is 0 Å². The average molecular weight is 205 g/mol. The van der Waals surface area contributed by atoms with Crippen molar-refractivity contribution in [2.45, 2.75) is 13.8 Å². The largest absolute Gasteiger partial charge is 0.365 e. The quantitative estimate of drug-likeness (QED) is 0.688. The monoisotopic (exact) mass is 205 g/mol.